The van der Waals surface area contributed by atoms with E-state index >= 15 is 0 Å². The molecule has 6 aromatic carbocycles. The second-order valence-electron chi connectivity index (χ2n) is 11.8. The molecule has 208 valence electrons. The smallest absolute Gasteiger partial charge is 0.0992 e. The van der Waals surface area contributed by atoms with Crippen LogP contribution in [0.4, 0.5) is 0 Å². The maximum atomic E-state index is 9.34. The van der Waals surface area contributed by atoms with Crippen molar-refractivity contribution >= 4 is 0 Å². The summed E-state index contributed by atoms with van der Waals surface area (Å²) in [5.41, 5.74) is 17.4. The van der Waals surface area contributed by atoms with E-state index in [9.17, 15) is 5.26 Å². The second-order valence-corrected chi connectivity index (χ2v) is 11.8. The zero-order valence-corrected chi connectivity index (χ0v) is 24.4. The molecule has 2 heteroatoms. The maximum Gasteiger partial charge on any atom is 0.0992 e. The zero-order valence-electron chi connectivity index (χ0n) is 24.4. The molecule has 45 heavy (non-hydrogen) atoms. The summed E-state index contributed by atoms with van der Waals surface area (Å²) in [6.07, 6.45) is 1.69. The number of fused-ring (bicyclic) bond motifs is 10. The second kappa shape index (κ2) is 9.74. The van der Waals surface area contributed by atoms with Crippen LogP contribution in [0.5, 0.6) is 0 Å². The molecule has 2 aliphatic carbocycles. The molecule has 0 atom stereocenters. The highest BCUT2D eigenvalue weighted by molar-refractivity contribution is 5.97. The summed E-state index contributed by atoms with van der Waals surface area (Å²) in [6.45, 7) is 0. The SMILES string of the molecule is N#Cc1ccnc(-c2ccc(-c3ccc4c(c3)-c3cc(-c5ccccc5)ccc3C43c4ccccc4-c4ccccc43)cc2)c1. The van der Waals surface area contributed by atoms with Crippen molar-refractivity contribution in [3.63, 3.8) is 0 Å². The number of hydrogen-bond donors (Lipinski definition) is 0. The third-order valence-electron chi connectivity index (χ3n) is 9.60. The molecule has 9 rings (SSSR count). The monoisotopic (exact) mass is 570 g/mol. The fraction of sp³-hybridized carbons (Fsp3) is 0.0233. The molecule has 0 unspecified atom stereocenters. The number of nitriles is 1. The lowest BCUT2D eigenvalue weighted by molar-refractivity contribution is 0.794. The zero-order chi connectivity index (χ0) is 30.0. The molecule has 2 nitrogen and oxygen atoms in total. The molecule has 7 aromatic rings. The lowest BCUT2D eigenvalue weighted by Crippen LogP contribution is -2.25. The van der Waals surface area contributed by atoms with Crippen LogP contribution in [0.2, 0.25) is 0 Å². The molecule has 0 saturated heterocycles. The Balaban J connectivity index is 1.26. The van der Waals surface area contributed by atoms with Crippen molar-refractivity contribution in [3.05, 3.63) is 186 Å². The fourth-order valence-electron chi connectivity index (χ4n) is 7.63. The number of aromatic nitrogens is 1. The van der Waals surface area contributed by atoms with Gasteiger partial charge in [0.15, 0.2) is 0 Å². The number of nitrogens with zero attached hydrogens (tertiary/aromatic N) is 2. The van der Waals surface area contributed by atoms with Crippen LogP contribution in [0.25, 0.3) is 55.8 Å². The summed E-state index contributed by atoms with van der Waals surface area (Å²) in [5.74, 6) is 0. The first kappa shape index (κ1) is 25.5. The van der Waals surface area contributed by atoms with E-state index < -0.39 is 0 Å². The van der Waals surface area contributed by atoms with Gasteiger partial charge in [0.25, 0.3) is 0 Å². The molecule has 1 spiro atoms. The molecule has 1 heterocycles. The van der Waals surface area contributed by atoms with Crippen LogP contribution < -0.4 is 0 Å². The summed E-state index contributed by atoms with van der Waals surface area (Å²) in [4.78, 5) is 4.49. The highest BCUT2D eigenvalue weighted by Crippen LogP contribution is 2.63. The van der Waals surface area contributed by atoms with Gasteiger partial charge in [0.1, 0.15) is 0 Å². The average Bonchev–Trinajstić information content (AvgIpc) is 3.58. The molecule has 0 N–H and O–H groups in total. The number of rotatable bonds is 3. The van der Waals surface area contributed by atoms with Gasteiger partial charge in [-0.2, -0.15) is 5.26 Å². The predicted octanol–water partition coefficient (Wildman–Crippen LogP) is 10.3. The molecule has 0 amide bonds. The third-order valence-corrected chi connectivity index (χ3v) is 9.60. The Kier molecular flexibility index (Phi) is 5.51. The normalized spacial score (nSPS) is 13.0. The minimum Gasteiger partial charge on any atom is -0.256 e. The van der Waals surface area contributed by atoms with Gasteiger partial charge < -0.3 is 0 Å². The summed E-state index contributed by atoms with van der Waals surface area (Å²) >= 11 is 0. The lowest BCUT2D eigenvalue weighted by Gasteiger charge is -2.30. The minimum absolute atomic E-state index is 0.368. The van der Waals surface area contributed by atoms with E-state index in [0.717, 1.165) is 16.8 Å². The Morgan fingerprint density at radius 2 is 0.911 bits per heavy atom. The Labute approximate surface area is 262 Å². The molecule has 0 aliphatic heterocycles. The van der Waals surface area contributed by atoms with Crippen LogP contribution in [0.1, 0.15) is 27.8 Å². The number of hydrogen-bond acceptors (Lipinski definition) is 2. The first-order valence-electron chi connectivity index (χ1n) is 15.3. The molecule has 0 bridgehead atoms. The number of benzene rings is 6. The topological polar surface area (TPSA) is 36.7 Å². The van der Waals surface area contributed by atoms with Gasteiger partial charge in [0.2, 0.25) is 0 Å². The van der Waals surface area contributed by atoms with Crippen molar-refractivity contribution in [2.24, 2.45) is 0 Å². The molecule has 2 aliphatic rings. The summed E-state index contributed by atoms with van der Waals surface area (Å²) in [5, 5.41) is 9.34. The van der Waals surface area contributed by atoms with E-state index in [0.29, 0.717) is 5.56 Å². The van der Waals surface area contributed by atoms with Crippen molar-refractivity contribution in [2.75, 3.05) is 0 Å². The van der Waals surface area contributed by atoms with Gasteiger partial charge in [0, 0.05) is 11.8 Å². The summed E-state index contributed by atoms with van der Waals surface area (Å²) in [7, 11) is 0. The van der Waals surface area contributed by atoms with Crippen molar-refractivity contribution in [1.29, 1.82) is 5.26 Å². The minimum atomic E-state index is -0.368. The largest absolute Gasteiger partial charge is 0.256 e. The van der Waals surface area contributed by atoms with E-state index in [1.54, 1.807) is 12.3 Å². The van der Waals surface area contributed by atoms with Crippen molar-refractivity contribution in [1.82, 2.24) is 4.98 Å². The van der Waals surface area contributed by atoms with Gasteiger partial charge in [-0.15, -0.1) is 0 Å². The van der Waals surface area contributed by atoms with E-state index in [-0.39, 0.29) is 5.41 Å². The van der Waals surface area contributed by atoms with Crippen LogP contribution in [-0.2, 0) is 5.41 Å². The average molecular weight is 571 g/mol. The summed E-state index contributed by atoms with van der Waals surface area (Å²) < 4.78 is 0. The molecule has 0 saturated carbocycles. The first-order valence-corrected chi connectivity index (χ1v) is 15.3. The van der Waals surface area contributed by atoms with Crippen LogP contribution in [0.15, 0.2) is 158 Å². The van der Waals surface area contributed by atoms with Gasteiger partial charge in [-0.3, -0.25) is 4.98 Å². The molecular formula is C43H26N2. The Hall–Kier alpha value is -6.04. The van der Waals surface area contributed by atoms with Crippen molar-refractivity contribution in [3.8, 4) is 61.8 Å². The molecular weight excluding hydrogens is 544 g/mol. The summed E-state index contributed by atoms with van der Waals surface area (Å²) in [6, 6.07) is 56.9. The Morgan fingerprint density at radius 1 is 0.422 bits per heavy atom. The standard InChI is InChI=1S/C43H26N2/c44-27-28-22-23-45-42(24-28)31-16-14-30(15-17-31)33-19-21-41-37(26-33)36-25-32(29-8-2-1-3-9-29)18-20-40(36)43(41)38-12-6-4-10-34(38)35-11-5-7-13-39(35)43/h1-26H. The van der Waals surface area contributed by atoms with Gasteiger partial charge >= 0.3 is 0 Å². The highest BCUT2D eigenvalue weighted by Gasteiger charge is 2.51. The van der Waals surface area contributed by atoms with Crippen molar-refractivity contribution < 1.29 is 0 Å². The number of pyridine rings is 1. The fourth-order valence-corrected chi connectivity index (χ4v) is 7.63. The third kappa shape index (κ3) is 3.65. The molecule has 0 fully saturated rings. The van der Waals surface area contributed by atoms with E-state index in [1.807, 2.05) is 6.07 Å². The van der Waals surface area contributed by atoms with Gasteiger partial charge in [-0.25, -0.2) is 0 Å². The van der Waals surface area contributed by atoms with Crippen LogP contribution in [0, 0.1) is 11.3 Å². The Morgan fingerprint density at radius 3 is 1.51 bits per heavy atom. The lowest BCUT2D eigenvalue weighted by atomic mass is 9.70. The predicted molar refractivity (Wildman–Crippen MR) is 182 cm³/mol. The molecule has 1 aromatic heterocycles. The van der Waals surface area contributed by atoms with E-state index in [1.165, 1.54) is 61.2 Å². The van der Waals surface area contributed by atoms with Crippen LogP contribution in [-0.4, -0.2) is 4.98 Å². The van der Waals surface area contributed by atoms with Gasteiger partial charge in [-0.05, 0) is 91.0 Å². The highest BCUT2D eigenvalue weighted by atomic mass is 14.7. The van der Waals surface area contributed by atoms with Crippen LogP contribution >= 0.6 is 0 Å². The maximum absolute atomic E-state index is 9.34. The first-order chi connectivity index (χ1) is 22.3. The van der Waals surface area contributed by atoms with Gasteiger partial charge in [-0.1, -0.05) is 127 Å². The molecule has 0 radical (unpaired) electrons. The Bertz CT molecular complexity index is 2280. The quantitative estimate of drug-likeness (QED) is 0.212. The van der Waals surface area contributed by atoms with E-state index in [4.69, 9.17) is 0 Å². The van der Waals surface area contributed by atoms with E-state index in [2.05, 4.69) is 151 Å². The van der Waals surface area contributed by atoms with Crippen LogP contribution in [0.3, 0.4) is 0 Å². The van der Waals surface area contributed by atoms with Crippen molar-refractivity contribution in [2.45, 2.75) is 5.41 Å². The van der Waals surface area contributed by atoms with Gasteiger partial charge in [0.05, 0.1) is 22.7 Å².